The van der Waals surface area contributed by atoms with E-state index in [1.54, 1.807) is 7.11 Å². The van der Waals surface area contributed by atoms with Gasteiger partial charge in [0.2, 0.25) is 5.79 Å². The zero-order valence-corrected chi connectivity index (χ0v) is 46.5. The Balaban J connectivity index is 1.34. The average molecular weight is 1040 g/mol. The third-order valence-corrected chi connectivity index (χ3v) is 19.2. The topological polar surface area (TPSA) is 167 Å². The number of carboxylic acids is 1. The number of carbonyl (C=O) groups is 2. The van der Waals surface area contributed by atoms with Crippen molar-refractivity contribution in [2.24, 2.45) is 5.41 Å². The fraction of sp³-hybridized carbons (Fsp3) is 0.621. The zero-order valence-electron chi connectivity index (χ0n) is 45.5. The maximum absolute atomic E-state index is 12.9. The number of methoxy groups -OCH3 is 2. The van der Waals surface area contributed by atoms with E-state index in [9.17, 15) is 19.8 Å². The Labute approximate surface area is 436 Å². The van der Waals surface area contributed by atoms with Gasteiger partial charge in [-0.05, 0) is 92.4 Å². The molecule has 2 aromatic rings. The van der Waals surface area contributed by atoms with Gasteiger partial charge in [0.25, 0.3) is 0 Å². The molecule has 15 heteroatoms. The first-order chi connectivity index (χ1) is 34.5. The monoisotopic (exact) mass is 1030 g/mol. The lowest BCUT2D eigenvalue weighted by Crippen LogP contribution is -2.63. The molecule has 73 heavy (non-hydrogen) atoms. The fourth-order valence-electron chi connectivity index (χ4n) is 9.82. The third-order valence-electron chi connectivity index (χ3n) is 14.7. The molecule has 0 aromatic heterocycles. The largest absolute Gasteiger partial charge is 0.497 e. The van der Waals surface area contributed by atoms with E-state index < -0.39 is 55.9 Å². The molecule has 10 atom stereocenters. The molecule has 0 unspecified atom stereocenters. The summed E-state index contributed by atoms with van der Waals surface area (Å²) in [5, 5.41) is 20.0. The van der Waals surface area contributed by atoms with Gasteiger partial charge in [0.05, 0.1) is 69.2 Å². The first-order valence-electron chi connectivity index (χ1n) is 25.9. The van der Waals surface area contributed by atoms with E-state index in [-0.39, 0.29) is 55.4 Å². The van der Waals surface area contributed by atoms with E-state index in [1.165, 1.54) is 14.0 Å². The van der Waals surface area contributed by atoms with Gasteiger partial charge in [-0.1, -0.05) is 114 Å². The summed E-state index contributed by atoms with van der Waals surface area (Å²) in [6.45, 7) is 27.6. The van der Waals surface area contributed by atoms with Gasteiger partial charge in [0, 0.05) is 51.4 Å². The maximum atomic E-state index is 12.9. The van der Waals surface area contributed by atoms with Crippen LogP contribution in [0.15, 0.2) is 103 Å². The van der Waals surface area contributed by atoms with Gasteiger partial charge >= 0.3 is 11.9 Å². The molecule has 3 saturated heterocycles. The number of carboxylic acid groups (broad SMARTS) is 1. The van der Waals surface area contributed by atoms with Gasteiger partial charge < -0.3 is 57.3 Å². The Bertz CT molecular complexity index is 2150. The van der Waals surface area contributed by atoms with Crippen LogP contribution in [0, 0.1) is 5.41 Å². The van der Waals surface area contributed by atoms with Gasteiger partial charge in [0.1, 0.15) is 12.5 Å². The smallest absolute Gasteiger partial charge is 0.328 e. The minimum absolute atomic E-state index is 0.00484. The van der Waals surface area contributed by atoms with Gasteiger partial charge in [-0.25, -0.2) is 4.79 Å². The first kappa shape index (κ1) is 59.9. The fourth-order valence-corrected chi connectivity index (χ4v) is 11.2. The van der Waals surface area contributed by atoms with E-state index in [4.69, 9.17) is 47.1 Å². The average Bonchev–Trinajstić information content (AvgIpc) is 3.31. The molecule has 3 fully saturated rings. The van der Waals surface area contributed by atoms with Crippen molar-refractivity contribution in [3.05, 3.63) is 114 Å². The Morgan fingerprint density at radius 3 is 2.11 bits per heavy atom. The quantitative estimate of drug-likeness (QED) is 0.0228. The number of aliphatic hydroxyl groups excluding tert-OH is 1. The Hall–Kier alpha value is -4.00. The minimum atomic E-state index is -2.41. The highest BCUT2D eigenvalue weighted by Gasteiger charge is 2.59. The van der Waals surface area contributed by atoms with Crippen molar-refractivity contribution >= 4 is 20.3 Å². The van der Waals surface area contributed by atoms with E-state index in [0.717, 1.165) is 34.1 Å². The molecular weight excluding hydrogens is 949 g/mol. The molecule has 0 aliphatic carbocycles. The predicted octanol–water partition coefficient (Wildman–Crippen LogP) is 11.0. The summed E-state index contributed by atoms with van der Waals surface area (Å²) in [5.74, 6) is -2.73. The van der Waals surface area contributed by atoms with E-state index in [2.05, 4.69) is 47.0 Å². The van der Waals surface area contributed by atoms with Gasteiger partial charge in [0.15, 0.2) is 14.4 Å². The summed E-state index contributed by atoms with van der Waals surface area (Å²) in [4.78, 5) is 25.5. The van der Waals surface area contributed by atoms with Crippen molar-refractivity contribution in [1.29, 1.82) is 0 Å². The Kier molecular flexibility index (Phi) is 22.3. The lowest BCUT2D eigenvalue weighted by atomic mass is 9.73. The first-order valence-corrected chi connectivity index (χ1v) is 28.8. The SMILES string of the molecule is C=C1C[C@H](C[C@@H]2CC(=C)C[C@H](/C=C/C(C)(C)[C@]3(OC)O[C@H](C[C@@H](O[Si](C)(C)C(C)(C)C)[C@@H](C)OCOCc4ccccc4)CC(=CC(=O)O)[C@@H]3OC(C)=O)O2)O[C@H](C[C@H](CCO)OCc2ccc(OC)cc2)C1. The molecule has 3 heterocycles. The molecule has 2 aromatic carbocycles. The molecule has 0 bridgehead atoms. The Morgan fingerprint density at radius 2 is 1.49 bits per heavy atom. The molecule has 14 nitrogen and oxygen atoms in total. The molecule has 0 spiro atoms. The predicted molar refractivity (Wildman–Crippen MR) is 283 cm³/mol. The third kappa shape index (κ3) is 17.5. The maximum Gasteiger partial charge on any atom is 0.328 e. The number of ether oxygens (including phenoxy) is 9. The summed E-state index contributed by atoms with van der Waals surface area (Å²) >= 11 is 0. The lowest BCUT2D eigenvalue weighted by molar-refractivity contribution is -0.338. The molecule has 0 amide bonds. The summed E-state index contributed by atoms with van der Waals surface area (Å²) < 4.78 is 64.0. The van der Waals surface area contributed by atoms with Crippen LogP contribution in [0.2, 0.25) is 18.1 Å². The van der Waals surface area contributed by atoms with Gasteiger partial charge in [-0.15, -0.1) is 0 Å². The lowest BCUT2D eigenvalue weighted by Gasteiger charge is -2.53. The van der Waals surface area contributed by atoms with Crippen molar-refractivity contribution < 1.29 is 66.9 Å². The number of rotatable bonds is 26. The van der Waals surface area contributed by atoms with Crippen LogP contribution in [0.25, 0.3) is 0 Å². The normalized spacial score (nSPS) is 26.2. The van der Waals surface area contributed by atoms with Crippen molar-refractivity contribution in [3.8, 4) is 5.75 Å². The van der Waals surface area contributed by atoms with E-state index >= 15 is 0 Å². The van der Waals surface area contributed by atoms with Crippen molar-refractivity contribution in [2.45, 2.75) is 198 Å². The molecule has 0 radical (unpaired) electrons. The van der Waals surface area contributed by atoms with Crippen LogP contribution < -0.4 is 4.74 Å². The second-order valence-electron chi connectivity index (χ2n) is 22.2. The summed E-state index contributed by atoms with van der Waals surface area (Å²) in [6.07, 6.45) is 6.07. The van der Waals surface area contributed by atoms with Crippen LogP contribution in [0.1, 0.15) is 117 Å². The van der Waals surface area contributed by atoms with Gasteiger partial charge in [-0.2, -0.15) is 0 Å². The minimum Gasteiger partial charge on any atom is -0.497 e. The molecular formula is C58H86O14Si. The van der Waals surface area contributed by atoms with Crippen LogP contribution in [0.3, 0.4) is 0 Å². The molecule has 2 N–H and O–H groups in total. The highest BCUT2D eigenvalue weighted by atomic mass is 28.4. The van der Waals surface area contributed by atoms with E-state index in [0.29, 0.717) is 70.2 Å². The summed E-state index contributed by atoms with van der Waals surface area (Å²) in [6, 6.07) is 17.6. The Morgan fingerprint density at radius 1 is 0.849 bits per heavy atom. The van der Waals surface area contributed by atoms with Crippen molar-refractivity contribution in [1.82, 2.24) is 0 Å². The van der Waals surface area contributed by atoms with E-state index in [1.807, 2.05) is 87.5 Å². The molecule has 406 valence electrons. The van der Waals surface area contributed by atoms with Crippen molar-refractivity contribution in [3.63, 3.8) is 0 Å². The van der Waals surface area contributed by atoms with Crippen LogP contribution >= 0.6 is 0 Å². The second kappa shape index (κ2) is 27.2. The standard InChI is InChI=1S/C58H86O14Si/c1-39-27-48(69-50(28-39)34-51-30-40(2)29-49(70-51)33-47(24-26-59)66-37-44-19-21-46(63-10)22-20-44)23-25-57(8,9)58(64-11)55(68-42(4)60)45(32-54(61)62)31-52(71-58)35-53(72-73(12,13)56(5,6)7)41(3)67-38-65-36-43-17-15-14-16-18-43/h14-23,25,32,41,47-53,55,59H,1-2,24,26-31,33-38H2,3-13H3,(H,61,62)/b25-23+,45-32?/t41-,47+,48+,49+,50+,51-,52+,53-,55+,58-/m1/s1. The number of aliphatic hydroxyl groups is 1. The number of aliphatic carboxylic acids is 1. The highest BCUT2D eigenvalue weighted by molar-refractivity contribution is 6.74. The van der Waals surface area contributed by atoms with Crippen molar-refractivity contribution in [2.75, 3.05) is 27.6 Å². The second-order valence-corrected chi connectivity index (χ2v) is 26.9. The van der Waals surface area contributed by atoms with Crippen LogP contribution in [0.4, 0.5) is 0 Å². The van der Waals surface area contributed by atoms with Crippen LogP contribution in [-0.4, -0.2) is 119 Å². The summed E-state index contributed by atoms with van der Waals surface area (Å²) in [7, 11) is 0.717. The zero-order chi connectivity index (χ0) is 53.6. The molecule has 0 saturated carbocycles. The number of benzene rings is 2. The highest BCUT2D eigenvalue weighted by Crippen LogP contribution is 2.49. The number of hydrogen-bond donors (Lipinski definition) is 2. The molecule has 3 aliphatic heterocycles. The van der Waals surface area contributed by atoms with Crippen LogP contribution in [-0.2, 0) is 65.1 Å². The number of esters is 1. The molecule has 3 aliphatic rings. The van der Waals surface area contributed by atoms with Crippen LogP contribution in [0.5, 0.6) is 5.75 Å². The number of hydrogen-bond acceptors (Lipinski definition) is 13. The molecule has 5 rings (SSSR count). The van der Waals surface area contributed by atoms with Gasteiger partial charge in [-0.3, -0.25) is 4.79 Å². The summed E-state index contributed by atoms with van der Waals surface area (Å²) in [5.41, 5.74) is 3.47. The number of carbonyl (C=O) groups excluding carboxylic acids is 1.